The fourth-order valence-electron chi connectivity index (χ4n) is 2.21. The molecule has 0 spiro atoms. The summed E-state index contributed by atoms with van der Waals surface area (Å²) in [4.78, 5) is -0.135. The second kappa shape index (κ2) is 8.03. The lowest BCUT2D eigenvalue weighted by atomic mass is 10.1. The average molecular weight is 373 g/mol. The van der Waals surface area contributed by atoms with Gasteiger partial charge in [0.1, 0.15) is 12.4 Å². The number of rotatable bonds is 7. The van der Waals surface area contributed by atoms with E-state index in [-0.39, 0.29) is 23.9 Å². The number of nitrogens with zero attached hydrogens (tertiary/aromatic N) is 2. The largest absolute Gasteiger partial charge is 0.475 e. The zero-order valence-corrected chi connectivity index (χ0v) is 14.5. The van der Waals surface area contributed by atoms with Crippen LogP contribution in [-0.4, -0.2) is 31.8 Å². The van der Waals surface area contributed by atoms with E-state index < -0.39 is 15.8 Å². The molecular weight excluding hydrogens is 357 g/mol. The Balaban J connectivity index is 1.52. The van der Waals surface area contributed by atoms with Gasteiger partial charge in [0.15, 0.2) is 0 Å². The van der Waals surface area contributed by atoms with E-state index in [0.717, 1.165) is 11.6 Å². The van der Waals surface area contributed by atoms with Gasteiger partial charge in [0.05, 0.1) is 10.6 Å². The summed E-state index contributed by atoms with van der Waals surface area (Å²) in [5, 5.41) is 8.04. The summed E-state index contributed by atoms with van der Waals surface area (Å²) < 4.78 is 44.9. The lowest BCUT2D eigenvalue weighted by Gasteiger charge is -2.08. The molecule has 0 aliphatic heterocycles. The van der Waals surface area contributed by atoms with E-state index in [0.29, 0.717) is 5.69 Å². The molecule has 6 nitrogen and oxygen atoms in total. The van der Waals surface area contributed by atoms with E-state index in [1.165, 1.54) is 18.2 Å². The predicted molar refractivity (Wildman–Crippen MR) is 94.6 cm³/mol. The molecule has 0 saturated heterocycles. The Kier molecular flexibility index (Phi) is 5.55. The molecule has 1 N–H and O–H groups in total. The molecule has 0 saturated carbocycles. The van der Waals surface area contributed by atoms with Crippen molar-refractivity contribution >= 4 is 10.0 Å². The number of halogens is 1. The van der Waals surface area contributed by atoms with Crippen LogP contribution in [0.4, 0.5) is 4.39 Å². The maximum atomic E-state index is 13.1. The Labute approximate surface area is 150 Å². The first-order chi connectivity index (χ1) is 12.5. The summed E-state index contributed by atoms with van der Waals surface area (Å²) >= 11 is 0. The van der Waals surface area contributed by atoms with Gasteiger partial charge in [-0.2, -0.15) is 0 Å². The number of ether oxygens (including phenoxy) is 1. The average Bonchev–Trinajstić information content (AvgIpc) is 2.66. The summed E-state index contributed by atoms with van der Waals surface area (Å²) in [7, 11) is -3.79. The van der Waals surface area contributed by atoms with Gasteiger partial charge in [0, 0.05) is 18.2 Å². The maximum Gasteiger partial charge on any atom is 0.240 e. The fourth-order valence-corrected chi connectivity index (χ4v) is 3.25. The van der Waals surface area contributed by atoms with Crippen molar-refractivity contribution in [2.75, 3.05) is 13.2 Å². The van der Waals surface area contributed by atoms with E-state index in [4.69, 9.17) is 4.74 Å². The van der Waals surface area contributed by atoms with Gasteiger partial charge in [-0.15, -0.1) is 10.2 Å². The van der Waals surface area contributed by atoms with E-state index >= 15 is 0 Å². The van der Waals surface area contributed by atoms with Crippen LogP contribution in [0.15, 0.2) is 71.6 Å². The van der Waals surface area contributed by atoms with Crippen LogP contribution in [0.5, 0.6) is 5.88 Å². The zero-order chi connectivity index (χ0) is 18.4. The van der Waals surface area contributed by atoms with Crippen molar-refractivity contribution in [2.45, 2.75) is 4.90 Å². The standard InChI is InChI=1S/C18H16FN3O3S/c19-15-7-4-8-16(13-15)26(23,24)20-11-12-25-18-10-9-17(21-22-18)14-5-2-1-3-6-14/h1-10,13,20H,11-12H2. The SMILES string of the molecule is O=S(=O)(NCCOc1ccc(-c2ccccc2)nn1)c1cccc(F)c1. The van der Waals surface area contributed by atoms with Gasteiger partial charge >= 0.3 is 0 Å². The minimum Gasteiger partial charge on any atom is -0.475 e. The summed E-state index contributed by atoms with van der Waals surface area (Å²) in [5.74, 6) is -0.326. The molecule has 3 aromatic rings. The van der Waals surface area contributed by atoms with Crippen LogP contribution in [0, 0.1) is 5.82 Å². The molecule has 1 heterocycles. The second-order valence-corrected chi connectivity index (χ2v) is 7.09. The monoisotopic (exact) mass is 373 g/mol. The van der Waals surface area contributed by atoms with E-state index in [2.05, 4.69) is 14.9 Å². The highest BCUT2D eigenvalue weighted by atomic mass is 32.2. The minimum atomic E-state index is -3.79. The number of aromatic nitrogens is 2. The molecule has 0 aliphatic rings. The molecule has 0 aliphatic carbocycles. The van der Waals surface area contributed by atoms with Crippen molar-refractivity contribution in [3.8, 4) is 17.1 Å². The highest BCUT2D eigenvalue weighted by Crippen LogP contribution is 2.17. The number of hydrogen-bond acceptors (Lipinski definition) is 5. The lowest BCUT2D eigenvalue weighted by molar-refractivity contribution is 0.307. The van der Waals surface area contributed by atoms with Gasteiger partial charge < -0.3 is 4.74 Å². The van der Waals surface area contributed by atoms with Gasteiger partial charge in [-0.1, -0.05) is 36.4 Å². The van der Waals surface area contributed by atoms with Crippen LogP contribution >= 0.6 is 0 Å². The van der Waals surface area contributed by atoms with Gasteiger partial charge in [-0.05, 0) is 24.3 Å². The van der Waals surface area contributed by atoms with Crippen molar-refractivity contribution in [2.24, 2.45) is 0 Å². The first-order valence-electron chi connectivity index (χ1n) is 7.82. The molecular formula is C18H16FN3O3S. The molecule has 134 valence electrons. The molecule has 8 heteroatoms. The third kappa shape index (κ3) is 4.62. The second-order valence-electron chi connectivity index (χ2n) is 5.33. The van der Waals surface area contributed by atoms with Crippen molar-refractivity contribution < 1.29 is 17.5 Å². The first kappa shape index (κ1) is 18.0. The Bertz CT molecular complexity index is 964. The molecule has 0 amide bonds. The van der Waals surface area contributed by atoms with Crippen LogP contribution < -0.4 is 9.46 Å². The fraction of sp³-hybridized carbons (Fsp3) is 0.111. The van der Waals surface area contributed by atoms with Crippen molar-refractivity contribution in [3.63, 3.8) is 0 Å². The quantitative estimate of drug-likeness (QED) is 0.644. The molecule has 0 atom stereocenters. The lowest BCUT2D eigenvalue weighted by Crippen LogP contribution is -2.28. The highest BCUT2D eigenvalue weighted by Gasteiger charge is 2.14. The smallest absolute Gasteiger partial charge is 0.240 e. The number of sulfonamides is 1. The number of benzene rings is 2. The van der Waals surface area contributed by atoms with Crippen LogP contribution in [0.3, 0.4) is 0 Å². The van der Waals surface area contributed by atoms with Gasteiger partial charge in [-0.3, -0.25) is 0 Å². The van der Waals surface area contributed by atoms with Crippen LogP contribution in [0.1, 0.15) is 0 Å². The zero-order valence-electron chi connectivity index (χ0n) is 13.7. The Morgan fingerprint density at radius 3 is 2.46 bits per heavy atom. The Morgan fingerprint density at radius 2 is 1.77 bits per heavy atom. The van der Waals surface area contributed by atoms with Crippen LogP contribution in [0.25, 0.3) is 11.3 Å². The Hall–Kier alpha value is -2.84. The van der Waals surface area contributed by atoms with Crippen LogP contribution in [-0.2, 0) is 10.0 Å². The molecule has 0 bridgehead atoms. The van der Waals surface area contributed by atoms with Crippen molar-refractivity contribution in [3.05, 3.63) is 72.5 Å². The molecule has 2 aromatic carbocycles. The summed E-state index contributed by atoms with van der Waals surface area (Å²) in [6.07, 6.45) is 0. The van der Waals surface area contributed by atoms with Gasteiger partial charge in [0.25, 0.3) is 0 Å². The van der Waals surface area contributed by atoms with E-state index in [1.807, 2.05) is 30.3 Å². The molecule has 0 fully saturated rings. The van der Waals surface area contributed by atoms with Crippen molar-refractivity contribution in [1.29, 1.82) is 0 Å². The molecule has 0 unspecified atom stereocenters. The number of nitrogens with one attached hydrogen (secondary N) is 1. The molecule has 1 aromatic heterocycles. The third-order valence-electron chi connectivity index (χ3n) is 3.46. The highest BCUT2D eigenvalue weighted by molar-refractivity contribution is 7.89. The molecule has 26 heavy (non-hydrogen) atoms. The minimum absolute atomic E-state index is 0.0148. The number of hydrogen-bond donors (Lipinski definition) is 1. The Morgan fingerprint density at radius 1 is 0.962 bits per heavy atom. The van der Waals surface area contributed by atoms with Gasteiger partial charge in [-0.25, -0.2) is 17.5 Å². The third-order valence-corrected chi connectivity index (χ3v) is 4.92. The predicted octanol–water partition coefficient (Wildman–Crippen LogP) is 2.64. The normalized spacial score (nSPS) is 11.3. The molecule has 3 rings (SSSR count). The van der Waals surface area contributed by atoms with Crippen LogP contribution in [0.2, 0.25) is 0 Å². The van der Waals surface area contributed by atoms with Gasteiger partial charge in [0.2, 0.25) is 15.9 Å². The summed E-state index contributed by atoms with van der Waals surface area (Å²) in [6.45, 7) is 0.0782. The van der Waals surface area contributed by atoms with E-state index in [1.54, 1.807) is 12.1 Å². The van der Waals surface area contributed by atoms with Crippen molar-refractivity contribution in [1.82, 2.24) is 14.9 Å². The maximum absolute atomic E-state index is 13.1. The first-order valence-corrected chi connectivity index (χ1v) is 9.30. The summed E-state index contributed by atoms with van der Waals surface area (Å²) in [6, 6.07) is 17.8. The molecule has 0 radical (unpaired) electrons. The summed E-state index contributed by atoms with van der Waals surface area (Å²) in [5.41, 5.74) is 1.65. The topological polar surface area (TPSA) is 81.2 Å². The van der Waals surface area contributed by atoms with E-state index in [9.17, 15) is 12.8 Å².